The highest BCUT2D eigenvalue weighted by atomic mass is 16.7. The highest BCUT2D eigenvalue weighted by Crippen LogP contribution is 2.39. The number of cyclic esters (lactones) is 1. The van der Waals surface area contributed by atoms with Gasteiger partial charge in [0.2, 0.25) is 6.41 Å². The Kier molecular flexibility index (Phi) is 13.6. The number of methoxy groups -OCH3 is 1. The molecule has 13 atom stereocenters. The lowest BCUT2D eigenvalue weighted by atomic mass is 9.78. The number of carbonyl (C=O) groups excluding carboxylic acids is 4. The largest absolute Gasteiger partial charge is 0.458 e. The molecule has 0 aromatic rings. The predicted molar refractivity (Wildman–Crippen MR) is 178 cm³/mol. The van der Waals surface area contributed by atoms with Gasteiger partial charge < -0.3 is 43.5 Å². The van der Waals surface area contributed by atoms with Crippen molar-refractivity contribution in [3.8, 4) is 0 Å². The molecule has 274 valence electrons. The van der Waals surface area contributed by atoms with E-state index >= 15 is 0 Å². The molecule has 48 heavy (non-hydrogen) atoms. The topological polar surface area (TPSA) is 142 Å². The van der Waals surface area contributed by atoms with Crippen LogP contribution in [-0.4, -0.2) is 128 Å². The maximum atomic E-state index is 14.3. The van der Waals surface area contributed by atoms with Gasteiger partial charge in [-0.15, -0.1) is 6.58 Å². The van der Waals surface area contributed by atoms with Gasteiger partial charge in [0.1, 0.15) is 18.1 Å². The van der Waals surface area contributed by atoms with E-state index in [0.29, 0.717) is 19.4 Å². The summed E-state index contributed by atoms with van der Waals surface area (Å²) in [7, 11) is 5.56. The first-order chi connectivity index (χ1) is 22.5. The molecule has 3 heterocycles. The van der Waals surface area contributed by atoms with Gasteiger partial charge in [0.05, 0.1) is 36.5 Å². The van der Waals surface area contributed by atoms with E-state index in [1.165, 1.54) is 6.92 Å². The molecule has 3 unspecified atom stereocenters. The summed E-state index contributed by atoms with van der Waals surface area (Å²) in [6.07, 6.45) is -0.207. The number of hydrogen-bond acceptors (Lipinski definition) is 11. The van der Waals surface area contributed by atoms with Crippen molar-refractivity contribution >= 4 is 24.3 Å². The number of ketones is 1. The van der Waals surface area contributed by atoms with Crippen LogP contribution in [-0.2, 0) is 42.8 Å². The van der Waals surface area contributed by atoms with Crippen LogP contribution in [0.15, 0.2) is 12.7 Å². The summed E-state index contributed by atoms with van der Waals surface area (Å²) in [5.41, 5.74) is -2.42. The van der Waals surface area contributed by atoms with E-state index in [1.54, 1.807) is 31.9 Å². The molecule has 2 amide bonds. The molecule has 0 radical (unpaired) electrons. The van der Waals surface area contributed by atoms with Crippen LogP contribution >= 0.6 is 0 Å². The van der Waals surface area contributed by atoms with Crippen LogP contribution in [0.2, 0.25) is 0 Å². The summed E-state index contributed by atoms with van der Waals surface area (Å²) in [6.45, 7) is 18.7. The lowest BCUT2D eigenvalue weighted by molar-refractivity contribution is -0.300. The SMILES string of the molecule is C=CCO[C@]1(C)C[C@@H](C)CN(C=O)[C@H](C)[C@H]2NC(=O)O[C@]2(C)[C@@H](CC)OC(=O)C(C)C(=O)[C@@H](C)[C@H]1O[C@@H]1O[C@H](C)CC(N(C)C)C1OC. The molecule has 1 N–H and O–H groups in total. The van der Waals surface area contributed by atoms with E-state index in [4.69, 9.17) is 28.4 Å². The molecule has 13 heteroatoms. The zero-order valence-corrected chi connectivity index (χ0v) is 30.7. The maximum Gasteiger partial charge on any atom is 0.408 e. The number of likely N-dealkylation sites (N-methyl/N-ethyl adjacent to an activating group) is 1. The van der Waals surface area contributed by atoms with Crippen molar-refractivity contribution in [1.29, 1.82) is 0 Å². The van der Waals surface area contributed by atoms with E-state index in [1.807, 2.05) is 48.7 Å². The lowest BCUT2D eigenvalue weighted by Gasteiger charge is -2.48. The van der Waals surface area contributed by atoms with E-state index in [0.717, 1.165) is 12.8 Å². The van der Waals surface area contributed by atoms with Gasteiger partial charge in [0.15, 0.2) is 17.7 Å². The smallest absolute Gasteiger partial charge is 0.408 e. The third kappa shape index (κ3) is 8.40. The lowest BCUT2D eigenvalue weighted by Crippen LogP contribution is -2.60. The number of alkyl carbamates (subject to hydrolysis) is 1. The number of Topliss-reactive ketones (excluding diaryl/α,β-unsaturated/α-hetero) is 1. The average molecular weight is 682 g/mol. The third-order valence-corrected chi connectivity index (χ3v) is 10.5. The number of hydrogen-bond donors (Lipinski definition) is 1. The van der Waals surface area contributed by atoms with Crippen molar-refractivity contribution in [2.24, 2.45) is 17.8 Å². The summed E-state index contributed by atoms with van der Waals surface area (Å²) in [5.74, 6) is -3.37. The van der Waals surface area contributed by atoms with Crippen LogP contribution < -0.4 is 5.32 Å². The predicted octanol–water partition coefficient (Wildman–Crippen LogP) is 3.33. The molecule has 0 bridgehead atoms. The van der Waals surface area contributed by atoms with Crippen LogP contribution in [0.5, 0.6) is 0 Å². The van der Waals surface area contributed by atoms with E-state index in [9.17, 15) is 19.2 Å². The minimum atomic E-state index is -1.31. The molecule has 0 aromatic heterocycles. The number of ether oxygens (including phenoxy) is 6. The summed E-state index contributed by atoms with van der Waals surface area (Å²) >= 11 is 0. The molecular formula is C35H59N3O10. The Hall–Kier alpha value is -2.58. The van der Waals surface area contributed by atoms with Crippen molar-refractivity contribution in [2.75, 3.05) is 34.4 Å². The Morgan fingerprint density at radius 2 is 1.79 bits per heavy atom. The average Bonchev–Trinajstić information content (AvgIpc) is 3.35. The summed E-state index contributed by atoms with van der Waals surface area (Å²) in [4.78, 5) is 56.9. The second kappa shape index (κ2) is 16.4. The maximum absolute atomic E-state index is 14.3. The number of carbonyl (C=O) groups is 4. The number of esters is 1. The summed E-state index contributed by atoms with van der Waals surface area (Å²) in [6, 6.07) is -1.26. The van der Waals surface area contributed by atoms with Crippen molar-refractivity contribution in [3.63, 3.8) is 0 Å². The highest BCUT2D eigenvalue weighted by Gasteiger charge is 2.56. The fraction of sp³-hybridized carbons (Fsp3) is 0.829. The quantitative estimate of drug-likeness (QED) is 0.166. The van der Waals surface area contributed by atoms with Crippen LogP contribution in [0.4, 0.5) is 4.79 Å². The number of amides is 2. The van der Waals surface area contributed by atoms with Crippen molar-refractivity contribution in [3.05, 3.63) is 12.7 Å². The highest BCUT2D eigenvalue weighted by molar-refractivity contribution is 6.00. The first-order valence-corrected chi connectivity index (χ1v) is 17.2. The van der Waals surface area contributed by atoms with Gasteiger partial charge in [-0.05, 0) is 73.9 Å². The van der Waals surface area contributed by atoms with Gasteiger partial charge in [0, 0.05) is 25.6 Å². The first-order valence-electron chi connectivity index (χ1n) is 17.2. The van der Waals surface area contributed by atoms with Gasteiger partial charge in [0.25, 0.3) is 0 Å². The molecule has 3 fully saturated rings. The van der Waals surface area contributed by atoms with Gasteiger partial charge in [-0.25, -0.2) is 4.79 Å². The Morgan fingerprint density at radius 3 is 2.35 bits per heavy atom. The fourth-order valence-electron chi connectivity index (χ4n) is 7.89. The second-order valence-electron chi connectivity index (χ2n) is 14.5. The van der Waals surface area contributed by atoms with Crippen LogP contribution in [0.1, 0.15) is 74.7 Å². The molecule has 0 saturated carbocycles. The van der Waals surface area contributed by atoms with Gasteiger partial charge in [-0.3, -0.25) is 14.4 Å². The Labute approximate surface area is 286 Å². The molecule has 3 aliphatic rings. The minimum Gasteiger partial charge on any atom is -0.458 e. The molecular weight excluding hydrogens is 622 g/mol. The number of nitrogens with zero attached hydrogens (tertiary/aromatic N) is 2. The van der Waals surface area contributed by atoms with Crippen LogP contribution in [0.3, 0.4) is 0 Å². The Morgan fingerprint density at radius 1 is 1.12 bits per heavy atom. The fourth-order valence-corrected chi connectivity index (χ4v) is 7.89. The summed E-state index contributed by atoms with van der Waals surface area (Å²) in [5, 5.41) is 2.84. The van der Waals surface area contributed by atoms with E-state index in [2.05, 4.69) is 16.8 Å². The zero-order valence-electron chi connectivity index (χ0n) is 30.7. The van der Waals surface area contributed by atoms with Crippen LogP contribution in [0, 0.1) is 17.8 Å². The van der Waals surface area contributed by atoms with Gasteiger partial charge in [-0.2, -0.15) is 0 Å². The van der Waals surface area contributed by atoms with Crippen molar-refractivity contribution in [2.45, 2.75) is 135 Å². The van der Waals surface area contributed by atoms with Gasteiger partial charge in [-0.1, -0.05) is 26.8 Å². The molecule has 0 spiro atoms. The Balaban J connectivity index is 2.15. The normalized spacial score (nSPS) is 41.8. The molecule has 3 saturated heterocycles. The van der Waals surface area contributed by atoms with Crippen molar-refractivity contribution < 1.29 is 47.6 Å². The number of nitrogens with one attached hydrogen (secondary N) is 1. The molecule has 3 aliphatic heterocycles. The van der Waals surface area contributed by atoms with Crippen molar-refractivity contribution in [1.82, 2.24) is 15.1 Å². The molecule has 0 aromatic carbocycles. The molecule has 13 nitrogen and oxygen atoms in total. The third-order valence-electron chi connectivity index (χ3n) is 10.5. The number of fused-ring (bicyclic) bond motifs is 1. The summed E-state index contributed by atoms with van der Waals surface area (Å²) < 4.78 is 37.4. The second-order valence-corrected chi connectivity index (χ2v) is 14.5. The first kappa shape index (κ1) is 39.9. The van der Waals surface area contributed by atoms with Crippen LogP contribution in [0.25, 0.3) is 0 Å². The van der Waals surface area contributed by atoms with Gasteiger partial charge >= 0.3 is 12.1 Å². The monoisotopic (exact) mass is 681 g/mol. The minimum absolute atomic E-state index is 0.0256. The van der Waals surface area contributed by atoms with E-state index < -0.39 is 77.6 Å². The van der Waals surface area contributed by atoms with E-state index in [-0.39, 0.29) is 24.7 Å². The zero-order chi connectivity index (χ0) is 36.1. The Bertz CT molecular complexity index is 1150. The standard InChI is InChI=1S/C35H59N3O10/c1-13-15-44-34(8)17-20(3)18-38(19-39)24(7)29-35(9,48-33(42)36-29)26(14-2)46-31(41)23(6)27(40)22(5)30(34)47-32-28(43-12)25(37(10)11)16-21(4)45-32/h13,19-26,28-30,32H,1,14-18H2,2-12H3,(H,36,42)/t20-,21-,22-,23?,24-,25?,26-,28?,29-,30-,32+,34-,35-/m1/s1. The molecule has 3 rings (SSSR count). The molecule has 0 aliphatic carbocycles. The number of rotatable bonds is 9.